The zero-order chi connectivity index (χ0) is 15.6. The van der Waals surface area contributed by atoms with Crippen molar-refractivity contribution in [3.63, 3.8) is 0 Å². The van der Waals surface area contributed by atoms with Gasteiger partial charge in [0.25, 0.3) is 0 Å². The Hall–Kier alpha value is -1.88. The number of hydrogen-bond donors (Lipinski definition) is 1. The van der Waals surface area contributed by atoms with Gasteiger partial charge in [-0.25, -0.2) is 8.78 Å². The van der Waals surface area contributed by atoms with Gasteiger partial charge in [0.1, 0.15) is 23.1 Å². The maximum absolute atomic E-state index is 14.2. The first-order valence-corrected chi connectivity index (χ1v) is 6.86. The van der Waals surface area contributed by atoms with Crippen molar-refractivity contribution in [2.24, 2.45) is 5.73 Å². The van der Waals surface area contributed by atoms with Gasteiger partial charge in [-0.2, -0.15) is 0 Å². The molecular weight excluding hydrogens is 274 g/mol. The largest absolute Gasteiger partial charge is 0.469 e. The van der Waals surface area contributed by atoms with Crippen LogP contribution in [-0.4, -0.2) is 13.1 Å². The summed E-state index contributed by atoms with van der Waals surface area (Å²) < 4.78 is 33.6. The third-order valence-electron chi connectivity index (χ3n) is 3.39. The number of aryl methyl sites for hydroxylation is 1. The van der Waals surface area contributed by atoms with Crippen LogP contribution in [0.2, 0.25) is 0 Å². The van der Waals surface area contributed by atoms with Crippen molar-refractivity contribution in [3.05, 3.63) is 53.0 Å². The lowest BCUT2D eigenvalue weighted by Crippen LogP contribution is -2.21. The lowest BCUT2D eigenvalue weighted by atomic mass is 10.1. The molecule has 2 rings (SSSR count). The van der Waals surface area contributed by atoms with Crippen LogP contribution in [0.1, 0.15) is 23.8 Å². The normalized spacial score (nSPS) is 12.5. The molecule has 114 valence electrons. The summed E-state index contributed by atoms with van der Waals surface area (Å²) in [6, 6.07) is 4.36. The summed E-state index contributed by atoms with van der Waals surface area (Å²) in [5.74, 6) is -0.403. The molecule has 3 nitrogen and oxygen atoms in total. The smallest absolute Gasteiger partial charge is 0.149 e. The highest BCUT2D eigenvalue weighted by atomic mass is 19.1. The van der Waals surface area contributed by atoms with Crippen LogP contribution >= 0.6 is 0 Å². The number of benzene rings is 1. The van der Waals surface area contributed by atoms with Crippen LogP contribution in [0.4, 0.5) is 14.5 Å². The summed E-state index contributed by atoms with van der Waals surface area (Å²) in [5.41, 5.74) is 7.09. The van der Waals surface area contributed by atoms with E-state index >= 15 is 0 Å². The third kappa shape index (κ3) is 3.61. The van der Waals surface area contributed by atoms with Crippen LogP contribution in [0.3, 0.4) is 0 Å². The molecule has 0 saturated carbocycles. The number of rotatable bonds is 5. The van der Waals surface area contributed by atoms with Gasteiger partial charge < -0.3 is 15.1 Å². The van der Waals surface area contributed by atoms with E-state index in [1.807, 2.05) is 6.92 Å². The molecule has 0 aliphatic rings. The molecule has 0 amide bonds. The first-order chi connectivity index (χ1) is 9.88. The standard InChI is InChI=1S/C16H20F2N2O/c1-10(19)6-12-7-14(17)16(15(18)8-12)20(3)9-13-4-5-21-11(13)2/h4-5,7-8,10H,6,9,19H2,1-3H3. The second kappa shape index (κ2) is 6.26. The third-order valence-corrected chi connectivity index (χ3v) is 3.39. The van der Waals surface area contributed by atoms with Gasteiger partial charge >= 0.3 is 0 Å². The molecule has 0 saturated heterocycles. The molecule has 0 fully saturated rings. The summed E-state index contributed by atoms with van der Waals surface area (Å²) >= 11 is 0. The number of hydrogen-bond acceptors (Lipinski definition) is 3. The minimum atomic E-state index is -0.575. The first-order valence-electron chi connectivity index (χ1n) is 6.86. The second-order valence-electron chi connectivity index (χ2n) is 5.45. The molecule has 0 aliphatic heterocycles. The van der Waals surface area contributed by atoms with Gasteiger partial charge in [-0.05, 0) is 44.0 Å². The SMILES string of the molecule is Cc1occc1CN(C)c1c(F)cc(CC(C)N)cc1F. The van der Waals surface area contributed by atoms with E-state index in [9.17, 15) is 8.78 Å². The monoisotopic (exact) mass is 294 g/mol. The lowest BCUT2D eigenvalue weighted by molar-refractivity contribution is 0.528. The summed E-state index contributed by atoms with van der Waals surface area (Å²) in [5, 5.41) is 0. The van der Waals surface area contributed by atoms with Gasteiger partial charge in [0, 0.05) is 25.2 Å². The van der Waals surface area contributed by atoms with Crippen molar-refractivity contribution in [3.8, 4) is 0 Å². The predicted octanol–water partition coefficient (Wildman–Crippen LogP) is 3.39. The van der Waals surface area contributed by atoms with Gasteiger partial charge in [0.15, 0.2) is 0 Å². The maximum Gasteiger partial charge on any atom is 0.149 e. The van der Waals surface area contributed by atoms with Crippen molar-refractivity contribution < 1.29 is 13.2 Å². The Kier molecular flexibility index (Phi) is 4.63. The van der Waals surface area contributed by atoms with E-state index in [4.69, 9.17) is 10.2 Å². The number of halogens is 2. The lowest BCUT2D eigenvalue weighted by Gasteiger charge is -2.21. The Labute approximate surface area is 123 Å². The van der Waals surface area contributed by atoms with Crippen molar-refractivity contribution in [2.45, 2.75) is 32.9 Å². The highest BCUT2D eigenvalue weighted by Gasteiger charge is 2.17. The zero-order valence-electron chi connectivity index (χ0n) is 12.5. The average Bonchev–Trinajstić information content (AvgIpc) is 2.73. The molecule has 0 spiro atoms. The average molecular weight is 294 g/mol. The molecule has 21 heavy (non-hydrogen) atoms. The van der Waals surface area contributed by atoms with Gasteiger partial charge in [0.2, 0.25) is 0 Å². The highest BCUT2D eigenvalue weighted by Crippen LogP contribution is 2.26. The van der Waals surface area contributed by atoms with Gasteiger partial charge in [-0.15, -0.1) is 0 Å². The molecule has 2 aromatic rings. The fourth-order valence-electron chi connectivity index (χ4n) is 2.38. The minimum absolute atomic E-state index is 0.0379. The van der Waals surface area contributed by atoms with E-state index in [2.05, 4.69) is 0 Å². The van der Waals surface area contributed by atoms with Crippen molar-refractivity contribution in [1.82, 2.24) is 0 Å². The first kappa shape index (κ1) is 15.5. The van der Waals surface area contributed by atoms with Crippen molar-refractivity contribution >= 4 is 5.69 Å². The Morgan fingerprint density at radius 2 is 1.90 bits per heavy atom. The van der Waals surface area contributed by atoms with Gasteiger partial charge in [-0.3, -0.25) is 0 Å². The number of nitrogens with two attached hydrogens (primary N) is 1. The Morgan fingerprint density at radius 1 is 1.29 bits per heavy atom. The van der Waals surface area contributed by atoms with Crippen LogP contribution in [-0.2, 0) is 13.0 Å². The molecule has 0 radical (unpaired) electrons. The fourth-order valence-corrected chi connectivity index (χ4v) is 2.38. The van der Waals surface area contributed by atoms with Gasteiger partial charge in [0.05, 0.1) is 6.26 Å². The minimum Gasteiger partial charge on any atom is -0.469 e. The quantitative estimate of drug-likeness (QED) is 0.919. The topological polar surface area (TPSA) is 42.4 Å². The van der Waals surface area contributed by atoms with Gasteiger partial charge in [-0.1, -0.05) is 0 Å². The second-order valence-corrected chi connectivity index (χ2v) is 5.45. The summed E-state index contributed by atoms with van der Waals surface area (Å²) in [6.07, 6.45) is 2.01. The molecule has 1 aromatic carbocycles. The molecule has 1 unspecified atom stereocenters. The highest BCUT2D eigenvalue weighted by molar-refractivity contribution is 5.50. The zero-order valence-corrected chi connectivity index (χ0v) is 12.5. The van der Waals surface area contributed by atoms with E-state index in [0.29, 0.717) is 18.5 Å². The van der Waals surface area contributed by atoms with Crippen LogP contribution in [0, 0.1) is 18.6 Å². The Balaban J connectivity index is 2.25. The van der Waals surface area contributed by atoms with Crippen LogP contribution in [0.5, 0.6) is 0 Å². The molecule has 1 heterocycles. The summed E-state index contributed by atoms with van der Waals surface area (Å²) in [6.45, 7) is 4.00. The van der Waals surface area contributed by atoms with E-state index in [-0.39, 0.29) is 11.7 Å². The maximum atomic E-state index is 14.2. The van der Waals surface area contributed by atoms with Crippen molar-refractivity contribution in [2.75, 3.05) is 11.9 Å². The Morgan fingerprint density at radius 3 is 2.38 bits per heavy atom. The van der Waals surface area contributed by atoms with E-state index in [1.54, 1.807) is 26.3 Å². The molecule has 1 atom stereocenters. The van der Waals surface area contributed by atoms with E-state index in [0.717, 1.165) is 11.3 Å². The van der Waals surface area contributed by atoms with Crippen LogP contribution in [0.15, 0.2) is 28.9 Å². The van der Waals surface area contributed by atoms with E-state index < -0.39 is 11.6 Å². The molecule has 2 N–H and O–H groups in total. The molecule has 1 aromatic heterocycles. The number of furan rings is 1. The molecular formula is C16H20F2N2O. The fraction of sp³-hybridized carbons (Fsp3) is 0.375. The number of nitrogens with zero attached hydrogens (tertiary/aromatic N) is 1. The predicted molar refractivity (Wildman–Crippen MR) is 79.3 cm³/mol. The molecule has 0 bridgehead atoms. The molecule has 5 heteroatoms. The van der Waals surface area contributed by atoms with Crippen molar-refractivity contribution in [1.29, 1.82) is 0 Å². The molecule has 0 aliphatic carbocycles. The van der Waals surface area contributed by atoms with E-state index in [1.165, 1.54) is 17.0 Å². The van der Waals surface area contributed by atoms with Crippen LogP contribution < -0.4 is 10.6 Å². The Bertz CT molecular complexity index is 599. The summed E-state index contributed by atoms with van der Waals surface area (Å²) in [7, 11) is 1.65. The summed E-state index contributed by atoms with van der Waals surface area (Å²) in [4.78, 5) is 1.54. The number of anilines is 1. The van der Waals surface area contributed by atoms with Crippen LogP contribution in [0.25, 0.3) is 0 Å².